The van der Waals surface area contributed by atoms with Gasteiger partial charge in [0.1, 0.15) is 6.61 Å². The van der Waals surface area contributed by atoms with E-state index in [2.05, 4.69) is 31.0 Å². The van der Waals surface area contributed by atoms with E-state index < -0.39 is 0 Å². The largest absolute Gasteiger partial charge is 0.445 e. The molecule has 0 bridgehead atoms. The Hall–Kier alpha value is -1.55. The molecular formula is C18H28N2O2. The van der Waals surface area contributed by atoms with Gasteiger partial charge in [0.25, 0.3) is 0 Å². The molecule has 4 heteroatoms. The number of piperidine rings is 1. The Morgan fingerprint density at radius 1 is 1.36 bits per heavy atom. The van der Waals surface area contributed by atoms with Crippen LogP contribution in [-0.4, -0.2) is 36.2 Å². The summed E-state index contributed by atoms with van der Waals surface area (Å²) < 4.78 is 5.32. The number of amides is 1. The minimum atomic E-state index is -0.313. The van der Waals surface area contributed by atoms with Gasteiger partial charge in [-0.15, -0.1) is 0 Å². The first kappa shape index (κ1) is 16.8. The maximum atomic E-state index is 12.0. The minimum Gasteiger partial charge on any atom is -0.445 e. The number of carbonyl (C=O) groups excluding carboxylic acids is 1. The fourth-order valence-electron chi connectivity index (χ4n) is 3.05. The van der Waals surface area contributed by atoms with Crippen molar-refractivity contribution in [3.63, 3.8) is 0 Å². The fourth-order valence-corrected chi connectivity index (χ4v) is 3.05. The van der Waals surface area contributed by atoms with Gasteiger partial charge in [0.15, 0.2) is 0 Å². The molecule has 1 aromatic rings. The van der Waals surface area contributed by atoms with Crippen molar-refractivity contribution < 1.29 is 9.53 Å². The molecule has 122 valence electrons. The molecule has 3 unspecified atom stereocenters. The molecule has 1 heterocycles. The third kappa shape index (κ3) is 5.02. The molecule has 2 rings (SSSR count). The summed E-state index contributed by atoms with van der Waals surface area (Å²) >= 11 is 0. The second-order valence-electron chi connectivity index (χ2n) is 6.46. The van der Waals surface area contributed by atoms with Gasteiger partial charge in [-0.2, -0.15) is 0 Å². The molecule has 0 aliphatic carbocycles. The van der Waals surface area contributed by atoms with Crippen molar-refractivity contribution in [3.05, 3.63) is 35.9 Å². The van der Waals surface area contributed by atoms with Gasteiger partial charge in [0.2, 0.25) is 0 Å². The van der Waals surface area contributed by atoms with E-state index in [1.807, 2.05) is 30.3 Å². The molecule has 3 atom stereocenters. The van der Waals surface area contributed by atoms with Gasteiger partial charge < -0.3 is 10.1 Å². The first-order chi connectivity index (χ1) is 10.6. The molecule has 1 aliphatic heterocycles. The van der Waals surface area contributed by atoms with Gasteiger partial charge in [-0.25, -0.2) is 4.79 Å². The molecular weight excluding hydrogens is 276 g/mol. The molecule has 1 amide bonds. The molecule has 0 spiro atoms. The Morgan fingerprint density at radius 3 is 2.77 bits per heavy atom. The van der Waals surface area contributed by atoms with Gasteiger partial charge in [0.05, 0.1) is 0 Å². The lowest BCUT2D eigenvalue weighted by atomic mass is 9.94. The van der Waals surface area contributed by atoms with Gasteiger partial charge in [0, 0.05) is 25.2 Å². The fraction of sp³-hybridized carbons (Fsp3) is 0.611. The maximum absolute atomic E-state index is 12.0. The lowest BCUT2D eigenvalue weighted by molar-refractivity contribution is 0.0944. The van der Waals surface area contributed by atoms with Crippen LogP contribution in [0.1, 0.15) is 39.2 Å². The predicted octanol–water partition coefficient (Wildman–Crippen LogP) is 3.42. The predicted molar refractivity (Wildman–Crippen MR) is 88.7 cm³/mol. The van der Waals surface area contributed by atoms with Crippen molar-refractivity contribution in [3.8, 4) is 0 Å². The summed E-state index contributed by atoms with van der Waals surface area (Å²) in [6.45, 7) is 9.07. The summed E-state index contributed by atoms with van der Waals surface area (Å²) in [7, 11) is 0. The minimum absolute atomic E-state index is 0.182. The number of nitrogens with zero attached hydrogens (tertiary/aromatic N) is 1. The number of alkyl carbamates (subject to hydrolysis) is 1. The van der Waals surface area contributed by atoms with Crippen LogP contribution in [0.25, 0.3) is 0 Å². The van der Waals surface area contributed by atoms with E-state index in [-0.39, 0.29) is 12.1 Å². The summed E-state index contributed by atoms with van der Waals surface area (Å²) in [5.74, 6) is 0.599. The molecule has 1 N–H and O–H groups in total. The SMILES string of the molecule is CCC(C)N1CC(C)CC(NC(=O)OCc2ccccc2)C1. The molecule has 1 aliphatic rings. The Bertz CT molecular complexity index is 463. The van der Waals surface area contributed by atoms with Crippen LogP contribution in [-0.2, 0) is 11.3 Å². The second kappa shape index (κ2) is 8.18. The summed E-state index contributed by atoms with van der Waals surface area (Å²) in [6, 6.07) is 10.5. The zero-order chi connectivity index (χ0) is 15.9. The van der Waals surface area contributed by atoms with E-state index in [9.17, 15) is 4.79 Å². The number of likely N-dealkylation sites (tertiary alicyclic amines) is 1. The number of nitrogens with one attached hydrogen (secondary N) is 1. The average Bonchev–Trinajstić information content (AvgIpc) is 2.52. The molecule has 1 fully saturated rings. The molecule has 0 saturated carbocycles. The van der Waals surface area contributed by atoms with Crippen LogP contribution in [0.3, 0.4) is 0 Å². The van der Waals surface area contributed by atoms with Crippen molar-refractivity contribution in [2.75, 3.05) is 13.1 Å². The van der Waals surface area contributed by atoms with Crippen molar-refractivity contribution in [1.29, 1.82) is 0 Å². The molecule has 22 heavy (non-hydrogen) atoms. The number of rotatable bonds is 5. The van der Waals surface area contributed by atoms with Crippen LogP contribution in [0.5, 0.6) is 0 Å². The van der Waals surface area contributed by atoms with E-state index >= 15 is 0 Å². The molecule has 1 saturated heterocycles. The number of hydrogen-bond donors (Lipinski definition) is 1. The first-order valence-electron chi connectivity index (χ1n) is 8.29. The normalized spacial score (nSPS) is 23.8. The van der Waals surface area contributed by atoms with Gasteiger partial charge in [-0.3, -0.25) is 4.90 Å². The third-order valence-electron chi connectivity index (χ3n) is 4.44. The number of ether oxygens (including phenoxy) is 1. The van der Waals surface area contributed by atoms with Gasteiger partial charge in [-0.05, 0) is 31.2 Å². The number of hydrogen-bond acceptors (Lipinski definition) is 3. The Kier molecular flexibility index (Phi) is 6.25. The van der Waals surface area contributed by atoms with Crippen molar-refractivity contribution >= 4 is 6.09 Å². The molecule has 1 aromatic carbocycles. The highest BCUT2D eigenvalue weighted by molar-refractivity contribution is 5.67. The van der Waals surface area contributed by atoms with Crippen LogP contribution in [0.4, 0.5) is 4.79 Å². The Balaban J connectivity index is 1.80. The topological polar surface area (TPSA) is 41.6 Å². The van der Waals surface area contributed by atoms with Crippen LogP contribution in [0.2, 0.25) is 0 Å². The van der Waals surface area contributed by atoms with E-state index in [1.54, 1.807) is 0 Å². The van der Waals surface area contributed by atoms with E-state index in [1.165, 1.54) is 0 Å². The highest BCUT2D eigenvalue weighted by Crippen LogP contribution is 2.19. The van der Waals surface area contributed by atoms with Crippen LogP contribution in [0.15, 0.2) is 30.3 Å². The standard InChI is InChI=1S/C18H28N2O2/c1-4-15(3)20-11-14(2)10-17(12-20)19-18(21)22-13-16-8-6-5-7-9-16/h5-9,14-15,17H,4,10-13H2,1-3H3,(H,19,21). The summed E-state index contributed by atoms with van der Waals surface area (Å²) in [4.78, 5) is 14.5. The summed E-state index contributed by atoms with van der Waals surface area (Å²) in [5.41, 5.74) is 1.01. The van der Waals surface area contributed by atoms with Crippen LogP contribution >= 0.6 is 0 Å². The lowest BCUT2D eigenvalue weighted by Gasteiger charge is -2.39. The van der Waals surface area contributed by atoms with Crippen molar-refractivity contribution in [2.24, 2.45) is 5.92 Å². The molecule has 4 nitrogen and oxygen atoms in total. The number of benzene rings is 1. The molecule has 0 radical (unpaired) electrons. The second-order valence-corrected chi connectivity index (χ2v) is 6.46. The van der Waals surface area contributed by atoms with E-state index in [0.717, 1.165) is 31.5 Å². The zero-order valence-electron chi connectivity index (χ0n) is 13.9. The smallest absolute Gasteiger partial charge is 0.407 e. The maximum Gasteiger partial charge on any atom is 0.407 e. The first-order valence-corrected chi connectivity index (χ1v) is 8.29. The van der Waals surface area contributed by atoms with E-state index in [0.29, 0.717) is 18.6 Å². The highest BCUT2D eigenvalue weighted by Gasteiger charge is 2.28. The Morgan fingerprint density at radius 2 is 2.09 bits per heavy atom. The number of carbonyl (C=O) groups is 1. The van der Waals surface area contributed by atoms with Crippen molar-refractivity contribution in [2.45, 2.75) is 52.3 Å². The van der Waals surface area contributed by atoms with Crippen molar-refractivity contribution in [1.82, 2.24) is 10.2 Å². The van der Waals surface area contributed by atoms with E-state index in [4.69, 9.17) is 4.74 Å². The monoisotopic (exact) mass is 304 g/mol. The van der Waals surface area contributed by atoms with Crippen LogP contribution in [0, 0.1) is 5.92 Å². The highest BCUT2D eigenvalue weighted by atomic mass is 16.5. The van der Waals surface area contributed by atoms with Gasteiger partial charge in [-0.1, -0.05) is 44.2 Å². The summed E-state index contributed by atoms with van der Waals surface area (Å²) in [5, 5.41) is 3.03. The summed E-state index contributed by atoms with van der Waals surface area (Å²) in [6.07, 6.45) is 1.85. The lowest BCUT2D eigenvalue weighted by Crippen LogP contribution is -2.52. The average molecular weight is 304 g/mol. The quantitative estimate of drug-likeness (QED) is 0.906. The zero-order valence-corrected chi connectivity index (χ0v) is 13.9. The molecule has 0 aromatic heterocycles. The van der Waals surface area contributed by atoms with Crippen LogP contribution < -0.4 is 5.32 Å². The Labute approximate surface area is 133 Å². The third-order valence-corrected chi connectivity index (χ3v) is 4.44. The van der Waals surface area contributed by atoms with Gasteiger partial charge >= 0.3 is 6.09 Å².